The molecule has 0 saturated heterocycles. The molecule has 0 aromatic rings. The lowest BCUT2D eigenvalue weighted by Gasteiger charge is -2.36. The molecule has 0 aromatic heterocycles. The van der Waals surface area contributed by atoms with Crippen LogP contribution in [-0.4, -0.2) is 66.8 Å². The van der Waals surface area contributed by atoms with Gasteiger partial charge in [-0.25, -0.2) is 5.14 Å². The Balaban J connectivity index is 3.36. The second-order valence-corrected chi connectivity index (χ2v) is 12.1. The molecule has 3 atom stereocenters. The fraction of sp³-hybridized carbons (Fsp3) is 0.875. The van der Waals surface area contributed by atoms with Gasteiger partial charge in [0.25, 0.3) is 10.2 Å². The monoisotopic (exact) mass is 533 g/mol. The quantitative estimate of drug-likeness (QED) is 0.185. The Hall–Kier alpha value is -1.76. The number of aliphatic carboxylic acids is 1. The van der Waals surface area contributed by atoms with Crippen LogP contribution in [0.15, 0.2) is 0 Å². The van der Waals surface area contributed by atoms with Gasteiger partial charge in [-0.2, -0.15) is 12.7 Å². The van der Waals surface area contributed by atoms with Crippen LogP contribution in [0, 0.1) is 17.8 Å². The van der Waals surface area contributed by atoms with Crippen molar-refractivity contribution in [3.05, 3.63) is 0 Å². The van der Waals surface area contributed by atoms with Gasteiger partial charge in [0.05, 0.1) is 0 Å². The molecule has 1 saturated carbocycles. The second-order valence-electron chi connectivity index (χ2n) is 10.6. The molecule has 7 N–H and O–H groups in total. The number of hydrogen-bond acceptors (Lipinski definition) is 6. The average Bonchev–Trinajstić information content (AvgIpc) is 2.78. The van der Waals surface area contributed by atoms with Crippen molar-refractivity contribution in [2.24, 2.45) is 28.6 Å². The number of carboxylic acids is 1. The molecule has 1 fully saturated rings. The van der Waals surface area contributed by atoms with Crippen molar-refractivity contribution >= 4 is 28.0 Å². The Labute approximate surface area is 216 Å². The lowest BCUT2D eigenvalue weighted by molar-refractivity contribution is -0.144. The van der Waals surface area contributed by atoms with E-state index >= 15 is 0 Å². The van der Waals surface area contributed by atoms with Gasteiger partial charge in [0, 0.05) is 6.54 Å². The number of carboxylic acid groups (broad SMARTS) is 1. The van der Waals surface area contributed by atoms with Crippen LogP contribution in [0.1, 0.15) is 85.5 Å². The van der Waals surface area contributed by atoms with E-state index in [1.807, 2.05) is 13.8 Å². The van der Waals surface area contributed by atoms with E-state index in [-0.39, 0.29) is 36.5 Å². The maximum atomic E-state index is 13.7. The SMILES string of the molecule is CC(C)CNC(=O)[C@@H](NC(=O)[C@H](CC1CCCCC1)N([C@@H](CCCCN)C(=O)O)S(N)(=O)=O)C(C)C. The summed E-state index contributed by atoms with van der Waals surface area (Å²) in [6.45, 7) is 8.21. The Kier molecular flexibility index (Phi) is 13.9. The molecule has 1 aliphatic carbocycles. The smallest absolute Gasteiger partial charge is 0.322 e. The van der Waals surface area contributed by atoms with Gasteiger partial charge < -0.3 is 21.5 Å². The van der Waals surface area contributed by atoms with E-state index in [1.54, 1.807) is 13.8 Å². The highest BCUT2D eigenvalue weighted by atomic mass is 32.2. The topological polar surface area (TPSA) is 185 Å². The van der Waals surface area contributed by atoms with Gasteiger partial charge in [-0.05, 0) is 50.0 Å². The summed E-state index contributed by atoms with van der Waals surface area (Å²) in [6, 6.07) is -3.77. The van der Waals surface area contributed by atoms with E-state index in [2.05, 4.69) is 10.6 Å². The van der Waals surface area contributed by atoms with Gasteiger partial charge in [-0.3, -0.25) is 14.4 Å². The second kappa shape index (κ2) is 15.5. The maximum absolute atomic E-state index is 13.7. The Morgan fingerprint density at radius 2 is 1.61 bits per heavy atom. The lowest BCUT2D eigenvalue weighted by Crippen LogP contribution is -2.61. The molecule has 0 spiro atoms. The summed E-state index contributed by atoms with van der Waals surface area (Å²) >= 11 is 0. The molecule has 0 unspecified atom stereocenters. The molecule has 11 nitrogen and oxygen atoms in total. The number of nitrogens with one attached hydrogen (secondary N) is 2. The van der Waals surface area contributed by atoms with Gasteiger partial charge in [0.15, 0.2) is 0 Å². The summed E-state index contributed by atoms with van der Waals surface area (Å²) in [4.78, 5) is 38.7. The number of carbonyl (C=O) groups excluding carboxylic acids is 2. The summed E-state index contributed by atoms with van der Waals surface area (Å²) in [7, 11) is -4.58. The first-order valence-electron chi connectivity index (χ1n) is 13.1. The molecule has 12 heteroatoms. The zero-order valence-electron chi connectivity index (χ0n) is 22.2. The standard InChI is InChI=1S/C24H47N5O6S/c1-16(2)15-27-23(31)21(17(3)4)28-22(30)20(14-18-10-6-5-7-11-18)29(36(26,34)35)19(24(32)33)12-8-9-13-25/h16-21H,5-15,25H2,1-4H3,(H,27,31)(H,28,30)(H,32,33)(H2,26,34,35)/t19-,20-,21-/m0/s1. The predicted octanol–water partition coefficient (Wildman–Crippen LogP) is 1.33. The average molecular weight is 534 g/mol. The van der Waals surface area contributed by atoms with Crippen molar-refractivity contribution in [1.82, 2.24) is 14.9 Å². The largest absolute Gasteiger partial charge is 0.480 e. The summed E-state index contributed by atoms with van der Waals surface area (Å²) < 4.78 is 26.2. The fourth-order valence-corrected chi connectivity index (χ4v) is 5.76. The highest BCUT2D eigenvalue weighted by Gasteiger charge is 2.43. The van der Waals surface area contributed by atoms with Crippen molar-refractivity contribution in [3.63, 3.8) is 0 Å². The predicted molar refractivity (Wildman–Crippen MR) is 139 cm³/mol. The number of nitrogens with two attached hydrogens (primary N) is 2. The normalized spacial score (nSPS) is 17.7. The number of carbonyl (C=O) groups is 3. The summed E-state index contributed by atoms with van der Waals surface area (Å²) in [5, 5.41) is 21.0. The van der Waals surface area contributed by atoms with Crippen LogP contribution in [0.5, 0.6) is 0 Å². The Morgan fingerprint density at radius 1 is 1.00 bits per heavy atom. The summed E-state index contributed by atoms with van der Waals surface area (Å²) in [5.74, 6) is -2.48. The molecule has 36 heavy (non-hydrogen) atoms. The van der Waals surface area contributed by atoms with Crippen LogP contribution in [0.2, 0.25) is 0 Å². The summed E-state index contributed by atoms with van der Waals surface area (Å²) in [6.07, 6.45) is 5.59. The highest BCUT2D eigenvalue weighted by molar-refractivity contribution is 7.86. The first-order chi connectivity index (χ1) is 16.8. The third-order valence-corrected chi connectivity index (χ3v) is 7.74. The third kappa shape index (κ3) is 10.7. The van der Waals surface area contributed by atoms with E-state index in [0.29, 0.717) is 30.2 Å². The number of amides is 2. The number of hydrogen-bond donors (Lipinski definition) is 5. The number of nitrogens with zero attached hydrogens (tertiary/aromatic N) is 1. The third-order valence-electron chi connectivity index (χ3n) is 6.64. The molecule has 2 amide bonds. The van der Waals surface area contributed by atoms with Crippen molar-refractivity contribution in [1.29, 1.82) is 0 Å². The number of unbranched alkanes of at least 4 members (excludes halogenated alkanes) is 1. The molecule has 1 rings (SSSR count). The molecule has 0 radical (unpaired) electrons. The van der Waals surface area contributed by atoms with Crippen LogP contribution in [0.25, 0.3) is 0 Å². The minimum absolute atomic E-state index is 0.0279. The van der Waals surface area contributed by atoms with Crippen molar-refractivity contribution in [3.8, 4) is 0 Å². The zero-order chi connectivity index (χ0) is 27.5. The van der Waals surface area contributed by atoms with Gasteiger partial charge >= 0.3 is 5.97 Å². The first kappa shape index (κ1) is 32.3. The van der Waals surface area contributed by atoms with Crippen LogP contribution >= 0.6 is 0 Å². The van der Waals surface area contributed by atoms with Crippen LogP contribution in [-0.2, 0) is 24.6 Å². The van der Waals surface area contributed by atoms with Gasteiger partial charge in [-0.1, -0.05) is 59.8 Å². The minimum Gasteiger partial charge on any atom is -0.480 e. The molecule has 0 aliphatic heterocycles. The maximum Gasteiger partial charge on any atom is 0.322 e. The highest BCUT2D eigenvalue weighted by Crippen LogP contribution is 2.30. The van der Waals surface area contributed by atoms with Crippen molar-refractivity contribution in [2.45, 2.75) is 104 Å². The minimum atomic E-state index is -4.58. The van der Waals surface area contributed by atoms with E-state index in [0.717, 1.165) is 32.1 Å². The molecular formula is C24H47N5O6S. The molecule has 0 bridgehead atoms. The molecule has 210 valence electrons. The molecular weight excluding hydrogens is 486 g/mol. The molecule has 1 aliphatic rings. The van der Waals surface area contributed by atoms with E-state index in [1.165, 1.54) is 0 Å². The Bertz CT molecular complexity index is 814. The fourth-order valence-electron chi connectivity index (χ4n) is 4.68. The van der Waals surface area contributed by atoms with Crippen molar-refractivity contribution in [2.75, 3.05) is 13.1 Å². The first-order valence-corrected chi connectivity index (χ1v) is 14.6. The van der Waals surface area contributed by atoms with Crippen LogP contribution in [0.4, 0.5) is 0 Å². The van der Waals surface area contributed by atoms with Crippen LogP contribution in [0.3, 0.4) is 0 Å². The molecule has 0 heterocycles. The van der Waals surface area contributed by atoms with E-state index in [9.17, 15) is 27.9 Å². The number of rotatable bonds is 16. The van der Waals surface area contributed by atoms with Gasteiger partial charge in [0.1, 0.15) is 18.1 Å². The Morgan fingerprint density at radius 3 is 2.08 bits per heavy atom. The zero-order valence-corrected chi connectivity index (χ0v) is 23.1. The van der Waals surface area contributed by atoms with E-state index < -0.39 is 40.2 Å². The van der Waals surface area contributed by atoms with E-state index in [4.69, 9.17) is 10.9 Å². The van der Waals surface area contributed by atoms with Crippen LogP contribution < -0.4 is 21.5 Å². The summed E-state index contributed by atoms with van der Waals surface area (Å²) in [5.41, 5.74) is 5.53. The van der Waals surface area contributed by atoms with Gasteiger partial charge in [0.2, 0.25) is 11.8 Å². The lowest BCUT2D eigenvalue weighted by atomic mass is 9.84. The molecule has 0 aromatic carbocycles. The van der Waals surface area contributed by atoms with Gasteiger partial charge in [-0.15, -0.1) is 0 Å². The van der Waals surface area contributed by atoms with Crippen molar-refractivity contribution < 1.29 is 27.9 Å².